The third-order valence-electron chi connectivity index (χ3n) is 4.63. The fourth-order valence-corrected chi connectivity index (χ4v) is 4.86. The molecule has 0 saturated heterocycles. The van der Waals surface area contributed by atoms with E-state index in [9.17, 15) is 4.79 Å². The summed E-state index contributed by atoms with van der Waals surface area (Å²) in [5, 5.41) is 7.14. The van der Waals surface area contributed by atoms with Crippen LogP contribution in [0.25, 0.3) is 21.9 Å². The molecular formula is C23H16N2O2S2. The number of aromatic nitrogens is 1. The van der Waals surface area contributed by atoms with Gasteiger partial charge in [-0.3, -0.25) is 4.79 Å². The van der Waals surface area contributed by atoms with E-state index in [1.54, 1.807) is 23.1 Å². The van der Waals surface area contributed by atoms with E-state index in [4.69, 9.17) is 4.42 Å². The van der Waals surface area contributed by atoms with Gasteiger partial charge in [0.15, 0.2) is 0 Å². The van der Waals surface area contributed by atoms with Crippen molar-refractivity contribution in [3.05, 3.63) is 88.9 Å². The summed E-state index contributed by atoms with van der Waals surface area (Å²) in [6.07, 6.45) is 0. The van der Waals surface area contributed by atoms with Gasteiger partial charge in [-0.25, -0.2) is 4.98 Å². The number of carbonyl (C=O) groups is 1. The molecule has 2 aromatic heterocycles. The van der Waals surface area contributed by atoms with Gasteiger partial charge in [0, 0.05) is 38.6 Å². The highest BCUT2D eigenvalue weighted by molar-refractivity contribution is 7.98. The van der Waals surface area contributed by atoms with E-state index in [-0.39, 0.29) is 5.91 Å². The van der Waals surface area contributed by atoms with Crippen LogP contribution in [0.5, 0.6) is 0 Å². The Balaban J connectivity index is 1.39. The first-order valence-electron chi connectivity index (χ1n) is 9.09. The average Bonchev–Trinajstić information content (AvgIpc) is 3.39. The molecule has 0 radical (unpaired) electrons. The number of rotatable bonds is 5. The summed E-state index contributed by atoms with van der Waals surface area (Å²) in [5.41, 5.74) is 5.80. The number of benzene rings is 3. The summed E-state index contributed by atoms with van der Waals surface area (Å²) < 4.78 is 5.92. The fraction of sp³-hybridized carbons (Fsp3) is 0.0435. The molecule has 0 spiro atoms. The molecule has 0 fully saturated rings. The van der Waals surface area contributed by atoms with Crippen LogP contribution in [0.15, 0.2) is 86.9 Å². The van der Waals surface area contributed by atoms with Gasteiger partial charge in [0.05, 0.1) is 16.8 Å². The van der Waals surface area contributed by atoms with E-state index >= 15 is 0 Å². The number of carbonyl (C=O) groups excluding carboxylic acids is 1. The molecule has 0 aliphatic carbocycles. The quantitative estimate of drug-likeness (QED) is 0.329. The van der Waals surface area contributed by atoms with Gasteiger partial charge in [0.1, 0.15) is 11.2 Å². The van der Waals surface area contributed by atoms with Crippen molar-refractivity contribution in [2.24, 2.45) is 0 Å². The number of amides is 1. The van der Waals surface area contributed by atoms with Crippen LogP contribution in [0.2, 0.25) is 0 Å². The standard InChI is InChI=1S/C23H16N2O2S2/c26-23(19-6-2-4-8-22(19)29-13-16-12-28-14-24-16)25-15-9-10-18-17-5-1-3-7-20(17)27-21(18)11-15/h1-12,14H,13H2,(H,25,26). The Morgan fingerprint density at radius 2 is 1.83 bits per heavy atom. The highest BCUT2D eigenvalue weighted by Gasteiger charge is 2.13. The lowest BCUT2D eigenvalue weighted by Crippen LogP contribution is -2.12. The van der Waals surface area contributed by atoms with E-state index in [1.807, 2.05) is 77.6 Å². The maximum Gasteiger partial charge on any atom is 0.256 e. The van der Waals surface area contributed by atoms with Crippen LogP contribution in [0.4, 0.5) is 5.69 Å². The molecule has 142 valence electrons. The number of furan rings is 1. The van der Waals surface area contributed by atoms with E-state index in [2.05, 4.69) is 10.3 Å². The van der Waals surface area contributed by atoms with Crippen LogP contribution in [-0.4, -0.2) is 10.9 Å². The molecule has 29 heavy (non-hydrogen) atoms. The monoisotopic (exact) mass is 416 g/mol. The molecule has 3 aromatic carbocycles. The molecule has 0 bridgehead atoms. The smallest absolute Gasteiger partial charge is 0.256 e. The van der Waals surface area contributed by atoms with Gasteiger partial charge in [-0.2, -0.15) is 0 Å². The predicted molar refractivity (Wildman–Crippen MR) is 120 cm³/mol. The second-order valence-corrected chi connectivity index (χ2v) is 8.26. The lowest BCUT2D eigenvalue weighted by atomic mass is 10.1. The first-order valence-corrected chi connectivity index (χ1v) is 11.0. The van der Waals surface area contributed by atoms with Crippen LogP contribution in [-0.2, 0) is 5.75 Å². The number of anilines is 1. The number of nitrogens with zero attached hydrogens (tertiary/aromatic N) is 1. The third-order valence-corrected chi connectivity index (χ3v) is 6.37. The van der Waals surface area contributed by atoms with Crippen molar-refractivity contribution in [1.29, 1.82) is 0 Å². The summed E-state index contributed by atoms with van der Waals surface area (Å²) in [6.45, 7) is 0. The third kappa shape index (κ3) is 3.64. The first kappa shape index (κ1) is 18.0. The van der Waals surface area contributed by atoms with E-state index in [1.165, 1.54) is 0 Å². The summed E-state index contributed by atoms with van der Waals surface area (Å²) in [4.78, 5) is 18.2. The van der Waals surface area contributed by atoms with Gasteiger partial charge in [-0.1, -0.05) is 30.3 Å². The number of thioether (sulfide) groups is 1. The van der Waals surface area contributed by atoms with Crippen LogP contribution in [0.1, 0.15) is 16.1 Å². The van der Waals surface area contributed by atoms with Crippen molar-refractivity contribution in [3.8, 4) is 0 Å². The highest BCUT2D eigenvalue weighted by atomic mass is 32.2. The van der Waals surface area contributed by atoms with Crippen LogP contribution < -0.4 is 5.32 Å². The summed E-state index contributed by atoms with van der Waals surface area (Å²) >= 11 is 3.19. The number of hydrogen-bond acceptors (Lipinski definition) is 5. The highest BCUT2D eigenvalue weighted by Crippen LogP contribution is 2.31. The molecule has 0 atom stereocenters. The molecule has 1 amide bonds. The number of fused-ring (bicyclic) bond motifs is 3. The maximum absolute atomic E-state index is 12.9. The maximum atomic E-state index is 12.9. The zero-order valence-corrected chi connectivity index (χ0v) is 16.9. The van der Waals surface area contributed by atoms with Gasteiger partial charge in [-0.05, 0) is 30.3 Å². The number of hydrogen-bond donors (Lipinski definition) is 1. The molecular weight excluding hydrogens is 400 g/mol. The SMILES string of the molecule is O=C(Nc1ccc2c(c1)oc1ccccc12)c1ccccc1SCc1cscn1. The largest absolute Gasteiger partial charge is 0.456 e. The van der Waals surface area contributed by atoms with Crippen LogP contribution in [0.3, 0.4) is 0 Å². The number of para-hydroxylation sites is 1. The number of nitrogens with one attached hydrogen (secondary N) is 1. The van der Waals surface area contributed by atoms with E-state index in [0.29, 0.717) is 11.3 Å². The van der Waals surface area contributed by atoms with Crippen molar-refractivity contribution >= 4 is 56.6 Å². The summed E-state index contributed by atoms with van der Waals surface area (Å²) in [6, 6.07) is 21.3. The zero-order chi connectivity index (χ0) is 19.6. The van der Waals surface area contributed by atoms with Gasteiger partial charge in [-0.15, -0.1) is 23.1 Å². The molecule has 0 saturated carbocycles. The van der Waals surface area contributed by atoms with Crippen molar-refractivity contribution < 1.29 is 9.21 Å². The Morgan fingerprint density at radius 1 is 1.00 bits per heavy atom. The first-order chi connectivity index (χ1) is 14.3. The average molecular weight is 417 g/mol. The molecule has 6 heteroatoms. The zero-order valence-electron chi connectivity index (χ0n) is 15.3. The van der Waals surface area contributed by atoms with Crippen molar-refractivity contribution in [1.82, 2.24) is 4.98 Å². The van der Waals surface area contributed by atoms with Crippen LogP contribution >= 0.6 is 23.1 Å². The second kappa shape index (κ2) is 7.73. The second-order valence-electron chi connectivity index (χ2n) is 6.53. The van der Waals surface area contributed by atoms with Gasteiger partial charge in [0.25, 0.3) is 5.91 Å². The summed E-state index contributed by atoms with van der Waals surface area (Å²) in [7, 11) is 0. The van der Waals surface area contributed by atoms with E-state index in [0.717, 1.165) is 38.3 Å². The minimum atomic E-state index is -0.137. The Bertz CT molecular complexity index is 1310. The Hall–Kier alpha value is -3.09. The molecule has 2 heterocycles. The van der Waals surface area contributed by atoms with Crippen molar-refractivity contribution in [3.63, 3.8) is 0 Å². The molecule has 0 aliphatic rings. The molecule has 5 aromatic rings. The molecule has 0 unspecified atom stereocenters. The van der Waals surface area contributed by atoms with Gasteiger partial charge < -0.3 is 9.73 Å². The van der Waals surface area contributed by atoms with Crippen LogP contribution in [0, 0.1) is 0 Å². The van der Waals surface area contributed by atoms with Gasteiger partial charge >= 0.3 is 0 Å². The Kier molecular flexibility index (Phi) is 4.79. The minimum Gasteiger partial charge on any atom is -0.456 e. The van der Waals surface area contributed by atoms with E-state index < -0.39 is 0 Å². The van der Waals surface area contributed by atoms with Crippen molar-refractivity contribution in [2.45, 2.75) is 10.6 Å². The fourth-order valence-electron chi connectivity index (χ4n) is 3.24. The molecule has 0 aliphatic heterocycles. The Labute approximate surface area is 175 Å². The Morgan fingerprint density at radius 3 is 2.72 bits per heavy atom. The molecule has 5 rings (SSSR count). The van der Waals surface area contributed by atoms with Gasteiger partial charge in [0.2, 0.25) is 0 Å². The lowest BCUT2D eigenvalue weighted by molar-refractivity contribution is 0.102. The predicted octanol–water partition coefficient (Wildman–Crippen LogP) is 6.59. The minimum absolute atomic E-state index is 0.137. The lowest BCUT2D eigenvalue weighted by Gasteiger charge is -2.09. The topological polar surface area (TPSA) is 55.1 Å². The summed E-state index contributed by atoms with van der Waals surface area (Å²) in [5.74, 6) is 0.598. The van der Waals surface area contributed by atoms with Crippen molar-refractivity contribution in [2.75, 3.05) is 5.32 Å². The molecule has 4 nitrogen and oxygen atoms in total. The normalized spacial score (nSPS) is 11.2. The number of thiazole rings is 1. The molecule has 1 N–H and O–H groups in total.